The lowest BCUT2D eigenvalue weighted by molar-refractivity contribution is -0.124. The van der Waals surface area contributed by atoms with Gasteiger partial charge in [0.05, 0.1) is 23.6 Å². The van der Waals surface area contributed by atoms with Crippen LogP contribution in [0.15, 0.2) is 58.9 Å². The van der Waals surface area contributed by atoms with E-state index in [-0.39, 0.29) is 17.6 Å². The summed E-state index contributed by atoms with van der Waals surface area (Å²) in [5.41, 5.74) is 2.46. The summed E-state index contributed by atoms with van der Waals surface area (Å²) in [6.45, 7) is 3.88. The van der Waals surface area contributed by atoms with Gasteiger partial charge in [0.15, 0.2) is 0 Å². The van der Waals surface area contributed by atoms with Crippen molar-refractivity contribution >= 4 is 23.1 Å². The standard InChI is InChI=1S/C21H22N2O3/c1-3-19(25)23-16-8-5-4-7-14(16)22-15-11-13(2)12-17(24)20(15)21(23)18-9-6-10-26-18/h4-11,13,20-22H,3,12H2,1-2H3/t13-,20-,21+/m1/s1. The van der Waals surface area contributed by atoms with Crippen LogP contribution in [-0.4, -0.2) is 11.7 Å². The maximum atomic E-state index is 13.0. The molecule has 1 amide bonds. The molecule has 2 aromatic rings. The molecule has 134 valence electrons. The zero-order valence-corrected chi connectivity index (χ0v) is 14.9. The number of para-hydroxylation sites is 2. The van der Waals surface area contributed by atoms with Gasteiger partial charge in [-0.05, 0) is 30.2 Å². The number of anilines is 2. The fourth-order valence-corrected chi connectivity index (χ4v) is 4.01. The van der Waals surface area contributed by atoms with Gasteiger partial charge < -0.3 is 9.73 Å². The molecule has 1 N–H and O–H groups in total. The molecule has 1 aromatic heterocycles. The molecule has 0 unspecified atom stereocenters. The number of allylic oxidation sites excluding steroid dienone is 1. The second-order valence-corrected chi connectivity index (χ2v) is 6.97. The molecule has 5 nitrogen and oxygen atoms in total. The molecule has 3 atom stereocenters. The van der Waals surface area contributed by atoms with Crippen LogP contribution in [0.25, 0.3) is 0 Å². The van der Waals surface area contributed by atoms with Gasteiger partial charge in [0.25, 0.3) is 0 Å². The Balaban J connectivity index is 1.97. The van der Waals surface area contributed by atoms with Gasteiger partial charge >= 0.3 is 0 Å². The van der Waals surface area contributed by atoms with Crippen molar-refractivity contribution in [3.8, 4) is 0 Å². The highest BCUT2D eigenvalue weighted by Crippen LogP contribution is 2.46. The van der Waals surface area contributed by atoms with Gasteiger partial charge in [-0.1, -0.05) is 32.1 Å². The van der Waals surface area contributed by atoms with Crippen LogP contribution in [0.5, 0.6) is 0 Å². The number of carbonyl (C=O) groups is 2. The third kappa shape index (κ3) is 2.64. The Bertz CT molecular complexity index is 869. The van der Waals surface area contributed by atoms with Crippen LogP contribution in [0.3, 0.4) is 0 Å². The fourth-order valence-electron chi connectivity index (χ4n) is 4.01. The first-order valence-corrected chi connectivity index (χ1v) is 9.06. The first-order valence-electron chi connectivity index (χ1n) is 9.06. The average Bonchev–Trinajstić information content (AvgIpc) is 3.10. The predicted molar refractivity (Wildman–Crippen MR) is 99.7 cm³/mol. The monoisotopic (exact) mass is 350 g/mol. The summed E-state index contributed by atoms with van der Waals surface area (Å²) in [5.74, 6) is 0.433. The summed E-state index contributed by atoms with van der Waals surface area (Å²) >= 11 is 0. The molecule has 2 heterocycles. The van der Waals surface area contributed by atoms with Crippen LogP contribution in [0, 0.1) is 11.8 Å². The minimum Gasteiger partial charge on any atom is -0.467 e. The number of Topliss-reactive ketones (excluding diaryl/α,β-unsaturated/α-hetero) is 1. The zero-order valence-electron chi connectivity index (χ0n) is 14.9. The summed E-state index contributed by atoms with van der Waals surface area (Å²) in [7, 11) is 0. The molecule has 5 heteroatoms. The minimum absolute atomic E-state index is 0.0340. The molecular weight excluding hydrogens is 328 g/mol. The summed E-state index contributed by atoms with van der Waals surface area (Å²) in [5, 5.41) is 3.43. The van der Waals surface area contributed by atoms with E-state index in [4.69, 9.17) is 4.42 Å². The van der Waals surface area contributed by atoms with E-state index >= 15 is 0 Å². The number of hydrogen-bond acceptors (Lipinski definition) is 4. The Morgan fingerprint density at radius 1 is 1.27 bits per heavy atom. The zero-order chi connectivity index (χ0) is 18.3. The molecule has 0 bridgehead atoms. The van der Waals surface area contributed by atoms with Crippen LogP contribution in [-0.2, 0) is 9.59 Å². The van der Waals surface area contributed by atoms with Crippen molar-refractivity contribution in [2.75, 3.05) is 10.2 Å². The third-order valence-corrected chi connectivity index (χ3v) is 5.11. The maximum Gasteiger partial charge on any atom is 0.227 e. The van der Waals surface area contributed by atoms with Gasteiger partial charge in [-0.2, -0.15) is 0 Å². The van der Waals surface area contributed by atoms with Crippen LogP contribution in [0.2, 0.25) is 0 Å². The second-order valence-electron chi connectivity index (χ2n) is 6.97. The number of benzene rings is 1. The van der Waals surface area contributed by atoms with Crippen LogP contribution >= 0.6 is 0 Å². The number of ketones is 1. The van der Waals surface area contributed by atoms with E-state index in [0.29, 0.717) is 18.6 Å². The molecule has 0 saturated carbocycles. The molecular formula is C21H22N2O3. The van der Waals surface area contributed by atoms with Gasteiger partial charge in [-0.3, -0.25) is 14.5 Å². The number of fused-ring (bicyclic) bond motifs is 2. The highest BCUT2D eigenvalue weighted by molar-refractivity contribution is 6.00. The second kappa shape index (κ2) is 6.48. The lowest BCUT2D eigenvalue weighted by Crippen LogP contribution is -2.42. The number of carbonyl (C=O) groups excluding carboxylic acids is 2. The predicted octanol–water partition coefficient (Wildman–Crippen LogP) is 4.30. The first-order chi connectivity index (χ1) is 12.6. The molecule has 0 spiro atoms. The molecule has 2 aliphatic rings. The highest BCUT2D eigenvalue weighted by Gasteiger charge is 2.45. The lowest BCUT2D eigenvalue weighted by Gasteiger charge is -2.35. The molecule has 1 aliphatic carbocycles. The summed E-state index contributed by atoms with van der Waals surface area (Å²) in [6.07, 6.45) is 4.52. The largest absolute Gasteiger partial charge is 0.467 e. The molecule has 0 saturated heterocycles. The number of amides is 1. The Kier molecular flexibility index (Phi) is 4.15. The molecule has 0 fully saturated rings. The van der Waals surface area contributed by atoms with Crippen molar-refractivity contribution < 1.29 is 14.0 Å². The minimum atomic E-state index is -0.486. The molecule has 4 rings (SSSR count). The van der Waals surface area contributed by atoms with Crippen molar-refractivity contribution in [2.45, 2.75) is 32.7 Å². The van der Waals surface area contributed by atoms with E-state index in [0.717, 1.165) is 17.1 Å². The average molecular weight is 350 g/mol. The third-order valence-electron chi connectivity index (χ3n) is 5.11. The Morgan fingerprint density at radius 3 is 2.81 bits per heavy atom. The summed E-state index contributed by atoms with van der Waals surface area (Å²) < 4.78 is 5.69. The first kappa shape index (κ1) is 16.6. The summed E-state index contributed by atoms with van der Waals surface area (Å²) in [4.78, 5) is 27.7. The van der Waals surface area contributed by atoms with Gasteiger partial charge in [-0.25, -0.2) is 0 Å². The topological polar surface area (TPSA) is 62.6 Å². The van der Waals surface area contributed by atoms with E-state index in [2.05, 4.69) is 11.4 Å². The normalized spacial score (nSPS) is 24.8. The maximum absolute atomic E-state index is 13.0. The van der Waals surface area contributed by atoms with E-state index in [9.17, 15) is 9.59 Å². The lowest BCUT2D eigenvalue weighted by atomic mass is 9.80. The summed E-state index contributed by atoms with van der Waals surface area (Å²) in [6, 6.07) is 10.8. The molecule has 0 radical (unpaired) electrons. The SMILES string of the molecule is CCC(=O)N1c2ccccc2NC2=C[C@@H](C)CC(=O)[C@@H]2[C@@H]1c1ccco1. The van der Waals surface area contributed by atoms with Crippen molar-refractivity contribution in [3.05, 3.63) is 60.2 Å². The van der Waals surface area contributed by atoms with Crippen molar-refractivity contribution in [1.82, 2.24) is 0 Å². The van der Waals surface area contributed by atoms with E-state index in [1.807, 2.05) is 44.2 Å². The Labute approximate surface area is 152 Å². The Hall–Kier alpha value is -2.82. The van der Waals surface area contributed by atoms with Gasteiger partial charge in [0.1, 0.15) is 17.6 Å². The van der Waals surface area contributed by atoms with Gasteiger partial charge in [0.2, 0.25) is 5.91 Å². The van der Waals surface area contributed by atoms with Crippen molar-refractivity contribution in [3.63, 3.8) is 0 Å². The molecule has 1 aliphatic heterocycles. The number of rotatable bonds is 2. The van der Waals surface area contributed by atoms with E-state index < -0.39 is 12.0 Å². The van der Waals surface area contributed by atoms with Crippen LogP contribution < -0.4 is 10.2 Å². The van der Waals surface area contributed by atoms with Crippen LogP contribution in [0.1, 0.15) is 38.5 Å². The number of nitrogens with one attached hydrogen (secondary N) is 1. The molecule has 1 aromatic carbocycles. The fraction of sp³-hybridized carbons (Fsp3) is 0.333. The van der Waals surface area contributed by atoms with Gasteiger partial charge in [0, 0.05) is 18.5 Å². The highest BCUT2D eigenvalue weighted by atomic mass is 16.3. The van der Waals surface area contributed by atoms with Gasteiger partial charge in [-0.15, -0.1) is 0 Å². The van der Waals surface area contributed by atoms with E-state index in [1.165, 1.54) is 0 Å². The molecule has 26 heavy (non-hydrogen) atoms. The van der Waals surface area contributed by atoms with Crippen LogP contribution in [0.4, 0.5) is 11.4 Å². The number of hydrogen-bond donors (Lipinski definition) is 1. The smallest absolute Gasteiger partial charge is 0.227 e. The quantitative estimate of drug-likeness (QED) is 0.877. The number of nitrogens with zero attached hydrogens (tertiary/aromatic N) is 1. The van der Waals surface area contributed by atoms with Crippen molar-refractivity contribution in [2.24, 2.45) is 11.8 Å². The van der Waals surface area contributed by atoms with E-state index in [1.54, 1.807) is 17.2 Å². The van der Waals surface area contributed by atoms with Crippen molar-refractivity contribution in [1.29, 1.82) is 0 Å². The number of furan rings is 1. The Morgan fingerprint density at radius 2 is 2.08 bits per heavy atom.